The molecule has 0 atom stereocenters. The van der Waals surface area contributed by atoms with Gasteiger partial charge in [0, 0.05) is 26.0 Å². The van der Waals surface area contributed by atoms with Crippen molar-refractivity contribution in [2.24, 2.45) is 0 Å². The topological polar surface area (TPSA) is 30.3 Å². The Morgan fingerprint density at radius 1 is 1.43 bits per heavy atom. The molecule has 0 amide bonds. The second-order valence-corrected chi connectivity index (χ2v) is 3.50. The van der Waals surface area contributed by atoms with E-state index in [9.17, 15) is 7.77 Å². The normalized spacial score (nSPS) is 14.6. The molecule has 14 heavy (non-hydrogen) atoms. The Kier molecular flexibility index (Phi) is 7.37. The van der Waals surface area contributed by atoms with Crippen LogP contribution in [0.1, 0.15) is 19.8 Å². The first-order valence-electron chi connectivity index (χ1n) is 4.47. The van der Waals surface area contributed by atoms with Gasteiger partial charge in [0.05, 0.1) is 6.67 Å². The van der Waals surface area contributed by atoms with Crippen LogP contribution >= 0.6 is 0 Å². The summed E-state index contributed by atoms with van der Waals surface area (Å²) in [5.74, 6) is 0. The Bertz CT molecular complexity index is 195. The fraction of sp³-hybridized carbons (Fsp3) is 0.750. The molecule has 0 aromatic rings. The van der Waals surface area contributed by atoms with Crippen molar-refractivity contribution in [1.29, 1.82) is 4.78 Å². The summed E-state index contributed by atoms with van der Waals surface area (Å²) in [7, 11) is 2.10. The summed E-state index contributed by atoms with van der Waals surface area (Å²) >= 11 is -3.11. The molecule has 84 valence electrons. The third kappa shape index (κ3) is 7.97. The fourth-order valence-corrected chi connectivity index (χ4v) is 1.10. The zero-order valence-electron chi connectivity index (χ0n) is 8.54. The lowest BCUT2D eigenvalue weighted by atomic mass is 10.3. The summed E-state index contributed by atoms with van der Waals surface area (Å²) in [4.78, 5) is 4.53. The molecule has 0 fully saturated rings. The first-order valence-corrected chi connectivity index (χ1v) is 5.49. The summed E-state index contributed by atoms with van der Waals surface area (Å²) in [5.41, 5.74) is 0. The Balaban J connectivity index is 0.000000364. The number of nitrogens with one attached hydrogen (secondary N) is 1. The van der Waals surface area contributed by atoms with Gasteiger partial charge < -0.3 is 9.80 Å². The van der Waals surface area contributed by atoms with Crippen LogP contribution in [0.4, 0.5) is 7.77 Å². The Hall–Kier alpha value is -0.650. The standard InChI is InChI=1S/C8H16N2.F2HNS/c1-3-4-5-10-7-6-9(2)8-10;1-4(2)3/h6-7H,3-5,8H2,1-2H3;3H. The van der Waals surface area contributed by atoms with E-state index in [0.717, 1.165) is 6.67 Å². The summed E-state index contributed by atoms with van der Waals surface area (Å²) in [6, 6.07) is 0. The van der Waals surface area contributed by atoms with Gasteiger partial charge in [0.2, 0.25) is 0 Å². The minimum absolute atomic E-state index is 1.07. The zero-order chi connectivity index (χ0) is 11.0. The molecule has 3 nitrogen and oxygen atoms in total. The molecule has 1 aliphatic rings. The lowest BCUT2D eigenvalue weighted by Crippen LogP contribution is -2.23. The number of hydrogen-bond acceptors (Lipinski definition) is 3. The highest BCUT2D eigenvalue weighted by atomic mass is 32.2. The summed E-state index contributed by atoms with van der Waals surface area (Å²) < 4.78 is 25.3. The van der Waals surface area contributed by atoms with E-state index >= 15 is 0 Å². The lowest BCUT2D eigenvalue weighted by Gasteiger charge is -2.17. The molecule has 0 unspecified atom stereocenters. The molecule has 0 radical (unpaired) electrons. The molecule has 1 rings (SSSR count). The maximum absolute atomic E-state index is 10.0. The molecule has 0 saturated carbocycles. The van der Waals surface area contributed by atoms with Gasteiger partial charge in [-0.3, -0.25) is 0 Å². The molecule has 0 saturated heterocycles. The van der Waals surface area contributed by atoms with Crippen molar-refractivity contribution in [3.63, 3.8) is 0 Å². The van der Waals surface area contributed by atoms with Gasteiger partial charge in [-0.25, -0.2) is 4.78 Å². The highest BCUT2D eigenvalue weighted by Gasteiger charge is 2.05. The van der Waals surface area contributed by atoms with Crippen LogP contribution in [-0.2, 0) is 11.5 Å². The minimum Gasteiger partial charge on any atom is -0.362 e. The first kappa shape index (κ1) is 13.4. The Labute approximate surface area is 86.9 Å². The van der Waals surface area contributed by atoms with Crippen molar-refractivity contribution in [3.8, 4) is 0 Å². The van der Waals surface area contributed by atoms with Crippen LogP contribution in [0.25, 0.3) is 0 Å². The minimum atomic E-state index is -3.11. The molecule has 0 aliphatic carbocycles. The summed E-state index contributed by atoms with van der Waals surface area (Å²) in [6.07, 6.45) is 6.87. The van der Waals surface area contributed by atoms with Crippen LogP contribution in [-0.4, -0.2) is 30.1 Å². The van der Waals surface area contributed by atoms with Crippen molar-refractivity contribution >= 4 is 11.5 Å². The quantitative estimate of drug-likeness (QED) is 0.800. The van der Waals surface area contributed by atoms with Crippen LogP contribution < -0.4 is 0 Å². The molecule has 1 N–H and O–H groups in total. The van der Waals surface area contributed by atoms with Crippen LogP contribution in [0.15, 0.2) is 12.4 Å². The molecule has 0 spiro atoms. The highest BCUT2D eigenvalue weighted by molar-refractivity contribution is 7.75. The van der Waals surface area contributed by atoms with E-state index in [4.69, 9.17) is 4.78 Å². The first-order chi connectivity index (χ1) is 6.56. The average molecular weight is 225 g/mol. The fourth-order valence-electron chi connectivity index (χ4n) is 1.10. The third-order valence-corrected chi connectivity index (χ3v) is 1.74. The monoisotopic (exact) mass is 225 g/mol. The molecular formula is C8H17F2N3S. The maximum atomic E-state index is 10.0. The van der Waals surface area contributed by atoms with E-state index in [1.54, 1.807) is 0 Å². The summed E-state index contributed by atoms with van der Waals surface area (Å²) in [5, 5.41) is 0. The molecule has 6 heteroatoms. The predicted octanol–water partition coefficient (Wildman–Crippen LogP) is 2.60. The van der Waals surface area contributed by atoms with Crippen molar-refractivity contribution in [3.05, 3.63) is 12.4 Å². The number of hydrogen-bond donors (Lipinski definition) is 1. The largest absolute Gasteiger partial charge is 0.362 e. The SMILES string of the molecule is CCCCN1C=CN(C)C1.N=S(F)F. The smallest absolute Gasteiger partial charge is 0.258 e. The van der Waals surface area contributed by atoms with E-state index in [2.05, 4.69) is 36.2 Å². The van der Waals surface area contributed by atoms with Crippen LogP contribution in [0.3, 0.4) is 0 Å². The molecule has 1 aliphatic heterocycles. The zero-order valence-corrected chi connectivity index (χ0v) is 9.36. The highest BCUT2D eigenvalue weighted by Crippen LogP contribution is 2.04. The Morgan fingerprint density at radius 3 is 2.36 bits per heavy atom. The van der Waals surface area contributed by atoms with E-state index in [1.165, 1.54) is 19.4 Å². The predicted molar refractivity (Wildman–Crippen MR) is 55.7 cm³/mol. The van der Waals surface area contributed by atoms with E-state index in [0.29, 0.717) is 0 Å². The van der Waals surface area contributed by atoms with E-state index in [-0.39, 0.29) is 0 Å². The second kappa shape index (κ2) is 7.73. The molecule has 0 aromatic heterocycles. The van der Waals surface area contributed by atoms with Gasteiger partial charge in [-0.2, -0.15) is 0 Å². The Morgan fingerprint density at radius 2 is 2.00 bits per heavy atom. The summed E-state index contributed by atoms with van der Waals surface area (Å²) in [6.45, 7) is 4.50. The molecule has 0 bridgehead atoms. The second-order valence-electron chi connectivity index (χ2n) is 3.08. The van der Waals surface area contributed by atoms with Crippen LogP contribution in [0.2, 0.25) is 0 Å². The van der Waals surface area contributed by atoms with Gasteiger partial charge in [-0.1, -0.05) is 13.3 Å². The third-order valence-electron chi connectivity index (χ3n) is 1.74. The van der Waals surface area contributed by atoms with Crippen molar-refractivity contribution in [2.75, 3.05) is 20.3 Å². The van der Waals surface area contributed by atoms with Crippen molar-refractivity contribution in [1.82, 2.24) is 9.80 Å². The van der Waals surface area contributed by atoms with Crippen LogP contribution in [0, 0.1) is 4.78 Å². The number of halogens is 2. The molecule has 1 heterocycles. The molecule has 0 aromatic carbocycles. The van der Waals surface area contributed by atoms with Crippen LogP contribution in [0.5, 0.6) is 0 Å². The van der Waals surface area contributed by atoms with Gasteiger partial charge in [-0.05, 0) is 6.42 Å². The van der Waals surface area contributed by atoms with Crippen molar-refractivity contribution < 1.29 is 7.77 Å². The maximum Gasteiger partial charge on any atom is 0.258 e. The van der Waals surface area contributed by atoms with E-state index < -0.39 is 11.5 Å². The number of nitrogens with zero attached hydrogens (tertiary/aromatic N) is 2. The number of unbranched alkanes of at least 4 members (excludes halogenated alkanes) is 1. The van der Waals surface area contributed by atoms with Gasteiger partial charge in [0.1, 0.15) is 0 Å². The van der Waals surface area contributed by atoms with Crippen molar-refractivity contribution in [2.45, 2.75) is 19.8 Å². The van der Waals surface area contributed by atoms with Gasteiger partial charge in [-0.15, -0.1) is 7.77 Å². The van der Waals surface area contributed by atoms with Gasteiger partial charge in [0.25, 0.3) is 11.5 Å². The van der Waals surface area contributed by atoms with Gasteiger partial charge >= 0.3 is 0 Å². The average Bonchev–Trinajstić information content (AvgIpc) is 2.47. The van der Waals surface area contributed by atoms with Gasteiger partial charge in [0.15, 0.2) is 0 Å². The van der Waals surface area contributed by atoms with E-state index in [1.807, 2.05) is 0 Å². The number of rotatable bonds is 3. The lowest BCUT2D eigenvalue weighted by molar-refractivity contribution is 0.293. The molecular weight excluding hydrogens is 208 g/mol.